The zero-order valence-electron chi connectivity index (χ0n) is 16.6. The van der Waals surface area contributed by atoms with E-state index in [9.17, 15) is 9.59 Å². The normalized spacial score (nSPS) is 15.8. The highest BCUT2D eigenvalue weighted by molar-refractivity contribution is 7.80. The Kier molecular flexibility index (Phi) is 5.85. The summed E-state index contributed by atoms with van der Waals surface area (Å²) in [5.41, 5.74) is 8.33. The summed E-state index contributed by atoms with van der Waals surface area (Å²) >= 11 is 5.56. The maximum absolute atomic E-state index is 12.5. The van der Waals surface area contributed by atoms with Crippen molar-refractivity contribution in [2.24, 2.45) is 5.73 Å². The molecule has 0 saturated carbocycles. The number of aromatic nitrogens is 2. The number of carbonyl (C=O) groups is 1. The fourth-order valence-corrected chi connectivity index (χ4v) is 4.40. The third-order valence-corrected chi connectivity index (χ3v) is 6.04. The lowest BCUT2D eigenvalue weighted by molar-refractivity contribution is -0.119. The number of benzene rings is 2. The lowest BCUT2D eigenvalue weighted by Gasteiger charge is -2.35. The number of primary amides is 1. The summed E-state index contributed by atoms with van der Waals surface area (Å²) in [6.07, 6.45) is 2.07. The first-order valence-corrected chi connectivity index (χ1v) is 10.5. The van der Waals surface area contributed by atoms with E-state index < -0.39 is 11.9 Å². The van der Waals surface area contributed by atoms with Gasteiger partial charge in [0.15, 0.2) is 5.11 Å². The standard InChI is InChI=1S/C22H25N5O2S/c23-20(28)18(14-15-6-2-1-3-7-15)25-22(30)26-12-10-16(11-13-26)27-19-9-5-4-8-17(19)24-21(27)29/h1-9,16,18H,10-14H2,(H2,23,28)(H,24,29)(H,25,30). The van der Waals surface area contributed by atoms with E-state index in [0.29, 0.717) is 24.6 Å². The Hall–Kier alpha value is -3.13. The first-order valence-electron chi connectivity index (χ1n) is 10.1. The van der Waals surface area contributed by atoms with Crippen LogP contribution in [0.1, 0.15) is 24.4 Å². The van der Waals surface area contributed by atoms with Crippen molar-refractivity contribution in [2.75, 3.05) is 13.1 Å². The summed E-state index contributed by atoms with van der Waals surface area (Å²) in [6, 6.07) is 17.0. The lowest BCUT2D eigenvalue weighted by Crippen LogP contribution is -2.52. The monoisotopic (exact) mass is 423 g/mol. The Morgan fingerprint density at radius 2 is 1.80 bits per heavy atom. The number of likely N-dealkylation sites (tertiary alicyclic amines) is 1. The molecule has 0 aliphatic carbocycles. The highest BCUT2D eigenvalue weighted by Gasteiger charge is 2.26. The molecule has 2 aromatic carbocycles. The van der Waals surface area contributed by atoms with Gasteiger partial charge in [-0.05, 0) is 42.8 Å². The molecule has 156 valence electrons. The van der Waals surface area contributed by atoms with Crippen LogP contribution in [-0.2, 0) is 11.2 Å². The predicted octanol–water partition coefficient (Wildman–Crippen LogP) is 1.94. The Bertz CT molecular complexity index is 1100. The average molecular weight is 424 g/mol. The van der Waals surface area contributed by atoms with Crippen molar-refractivity contribution in [1.29, 1.82) is 0 Å². The fraction of sp³-hybridized carbons (Fsp3) is 0.318. The van der Waals surface area contributed by atoms with E-state index in [0.717, 1.165) is 29.4 Å². The molecule has 8 heteroatoms. The minimum atomic E-state index is -0.561. The van der Waals surface area contributed by atoms with Crippen LogP contribution in [0.25, 0.3) is 11.0 Å². The number of rotatable bonds is 5. The van der Waals surface area contributed by atoms with Gasteiger partial charge in [-0.2, -0.15) is 0 Å². The van der Waals surface area contributed by atoms with Crippen molar-refractivity contribution in [3.05, 3.63) is 70.6 Å². The number of nitrogens with one attached hydrogen (secondary N) is 2. The summed E-state index contributed by atoms with van der Waals surface area (Å²) in [5, 5.41) is 3.66. The van der Waals surface area contributed by atoms with Gasteiger partial charge in [0.2, 0.25) is 5.91 Å². The topological polar surface area (TPSA) is 96.2 Å². The Morgan fingerprint density at radius 3 is 2.50 bits per heavy atom. The zero-order valence-corrected chi connectivity index (χ0v) is 17.4. The molecule has 7 nitrogen and oxygen atoms in total. The number of aromatic amines is 1. The largest absolute Gasteiger partial charge is 0.368 e. The summed E-state index contributed by atoms with van der Waals surface area (Å²) in [4.78, 5) is 29.4. The van der Waals surface area contributed by atoms with Gasteiger partial charge in [-0.3, -0.25) is 9.36 Å². The van der Waals surface area contributed by atoms with Crippen LogP contribution in [-0.4, -0.2) is 44.6 Å². The third kappa shape index (κ3) is 4.23. The second kappa shape index (κ2) is 8.71. The number of carbonyl (C=O) groups excluding carboxylic acids is 1. The van der Waals surface area contributed by atoms with E-state index in [-0.39, 0.29) is 11.7 Å². The van der Waals surface area contributed by atoms with Crippen LogP contribution in [0.2, 0.25) is 0 Å². The van der Waals surface area contributed by atoms with Crippen LogP contribution in [0.4, 0.5) is 0 Å². The predicted molar refractivity (Wildman–Crippen MR) is 121 cm³/mol. The van der Waals surface area contributed by atoms with Crippen molar-refractivity contribution < 1.29 is 4.79 Å². The van der Waals surface area contributed by atoms with Crippen LogP contribution in [0.3, 0.4) is 0 Å². The molecular weight excluding hydrogens is 398 g/mol. The summed E-state index contributed by atoms with van der Waals surface area (Å²) in [5.74, 6) is -0.429. The Labute approximate surface area is 179 Å². The second-order valence-electron chi connectivity index (χ2n) is 7.63. The van der Waals surface area contributed by atoms with Crippen LogP contribution in [0.5, 0.6) is 0 Å². The number of nitrogens with zero attached hydrogens (tertiary/aromatic N) is 2. The molecule has 1 atom stereocenters. The summed E-state index contributed by atoms with van der Waals surface area (Å²) in [7, 11) is 0. The van der Waals surface area contributed by atoms with Gasteiger partial charge in [-0.15, -0.1) is 0 Å². The SMILES string of the molecule is NC(=O)C(Cc1ccccc1)NC(=S)N1CCC(n2c(=O)[nH]c3ccccc32)CC1. The molecule has 3 aromatic rings. The van der Waals surface area contributed by atoms with Gasteiger partial charge in [0, 0.05) is 25.6 Å². The number of hydrogen-bond donors (Lipinski definition) is 3. The molecular formula is C22H25N5O2S. The molecule has 1 aliphatic rings. The van der Waals surface area contributed by atoms with Crippen molar-refractivity contribution in [2.45, 2.75) is 31.3 Å². The highest BCUT2D eigenvalue weighted by atomic mass is 32.1. The molecule has 1 amide bonds. The number of hydrogen-bond acceptors (Lipinski definition) is 3. The summed E-state index contributed by atoms with van der Waals surface area (Å²) < 4.78 is 1.85. The maximum Gasteiger partial charge on any atom is 0.326 e. The van der Waals surface area contributed by atoms with E-state index in [4.69, 9.17) is 18.0 Å². The number of piperidine rings is 1. The minimum absolute atomic E-state index is 0.0768. The number of fused-ring (bicyclic) bond motifs is 1. The van der Waals surface area contributed by atoms with Gasteiger partial charge in [0.05, 0.1) is 11.0 Å². The highest BCUT2D eigenvalue weighted by Crippen LogP contribution is 2.25. The van der Waals surface area contributed by atoms with Gasteiger partial charge >= 0.3 is 5.69 Å². The minimum Gasteiger partial charge on any atom is -0.368 e. The van der Waals surface area contributed by atoms with Crippen molar-refractivity contribution >= 4 is 34.3 Å². The van der Waals surface area contributed by atoms with E-state index >= 15 is 0 Å². The van der Waals surface area contributed by atoms with Gasteiger partial charge in [0.1, 0.15) is 6.04 Å². The van der Waals surface area contributed by atoms with Crippen LogP contribution >= 0.6 is 12.2 Å². The third-order valence-electron chi connectivity index (χ3n) is 5.66. The van der Waals surface area contributed by atoms with E-state index in [1.54, 1.807) is 0 Å². The number of imidazole rings is 1. The molecule has 0 radical (unpaired) electrons. The molecule has 4 N–H and O–H groups in total. The van der Waals surface area contributed by atoms with Crippen molar-refractivity contribution in [3.8, 4) is 0 Å². The number of amides is 1. The van der Waals surface area contributed by atoms with E-state index in [1.165, 1.54) is 0 Å². The number of thiocarbonyl (C=S) groups is 1. The molecule has 4 rings (SSSR count). The first-order chi connectivity index (χ1) is 14.5. The van der Waals surface area contributed by atoms with E-state index in [2.05, 4.69) is 10.3 Å². The Morgan fingerprint density at radius 1 is 1.13 bits per heavy atom. The van der Waals surface area contributed by atoms with Crippen LogP contribution in [0.15, 0.2) is 59.4 Å². The van der Waals surface area contributed by atoms with Gasteiger partial charge in [-0.25, -0.2) is 4.79 Å². The molecule has 0 bridgehead atoms. The quantitative estimate of drug-likeness (QED) is 0.545. The molecule has 1 aliphatic heterocycles. The average Bonchev–Trinajstić information content (AvgIpc) is 3.09. The molecule has 1 fully saturated rings. The molecule has 30 heavy (non-hydrogen) atoms. The fourth-order valence-electron chi connectivity index (χ4n) is 4.08. The van der Waals surface area contributed by atoms with Crippen molar-refractivity contribution in [3.63, 3.8) is 0 Å². The second-order valence-corrected chi connectivity index (χ2v) is 8.02. The molecule has 0 spiro atoms. The van der Waals surface area contributed by atoms with Gasteiger partial charge in [0.25, 0.3) is 0 Å². The van der Waals surface area contributed by atoms with Gasteiger partial charge < -0.3 is 20.9 Å². The van der Waals surface area contributed by atoms with Crippen LogP contribution in [0, 0.1) is 0 Å². The number of H-pyrrole nitrogens is 1. The molecule has 2 heterocycles. The Balaban J connectivity index is 1.39. The summed E-state index contributed by atoms with van der Waals surface area (Å²) in [6.45, 7) is 1.42. The maximum atomic E-state index is 12.5. The molecule has 1 unspecified atom stereocenters. The van der Waals surface area contributed by atoms with E-state index in [1.807, 2.05) is 64.1 Å². The van der Waals surface area contributed by atoms with Crippen LogP contribution < -0.4 is 16.7 Å². The lowest BCUT2D eigenvalue weighted by atomic mass is 10.0. The van der Waals surface area contributed by atoms with Crippen molar-refractivity contribution in [1.82, 2.24) is 19.8 Å². The smallest absolute Gasteiger partial charge is 0.326 e. The van der Waals surface area contributed by atoms with Gasteiger partial charge in [-0.1, -0.05) is 42.5 Å². The number of para-hydroxylation sites is 2. The molecule has 1 aromatic heterocycles. The zero-order chi connectivity index (χ0) is 21.1. The first kappa shape index (κ1) is 20.2. The number of nitrogens with two attached hydrogens (primary N) is 1. The molecule has 1 saturated heterocycles.